The van der Waals surface area contributed by atoms with Gasteiger partial charge in [-0.25, -0.2) is 0 Å². The Kier molecular flexibility index (Phi) is 6.50. The van der Waals surface area contributed by atoms with Crippen LogP contribution in [0.3, 0.4) is 0 Å². The minimum Gasteiger partial charge on any atom is -0.321 e. The van der Waals surface area contributed by atoms with E-state index < -0.39 is 23.2 Å². The van der Waals surface area contributed by atoms with Gasteiger partial charge in [-0.2, -0.15) is 13.2 Å². The van der Waals surface area contributed by atoms with Crippen molar-refractivity contribution in [3.05, 3.63) is 63.1 Å². The molecule has 0 aromatic heterocycles. The van der Waals surface area contributed by atoms with E-state index >= 15 is 0 Å². The standard InChI is InChI=1S/C19H18Cl2F3N3O/c20-13-2-3-14(15(6-13)19(22,23)24)18(28)27-17-4-1-11(5-16(17)21)7-25-8-12-9-26-10-12/h1-6,12,25-26H,7-10H2,(H,27,28). The van der Waals surface area contributed by atoms with Crippen molar-refractivity contribution in [2.24, 2.45) is 5.92 Å². The van der Waals surface area contributed by atoms with Crippen LogP contribution in [-0.4, -0.2) is 25.5 Å². The van der Waals surface area contributed by atoms with Crippen LogP contribution in [0.5, 0.6) is 0 Å². The average molecular weight is 432 g/mol. The van der Waals surface area contributed by atoms with Crippen molar-refractivity contribution < 1.29 is 18.0 Å². The summed E-state index contributed by atoms with van der Waals surface area (Å²) in [5.41, 5.74) is -0.466. The molecule has 150 valence electrons. The fraction of sp³-hybridized carbons (Fsp3) is 0.316. The van der Waals surface area contributed by atoms with Crippen molar-refractivity contribution >= 4 is 34.8 Å². The maximum absolute atomic E-state index is 13.2. The Morgan fingerprint density at radius 3 is 2.50 bits per heavy atom. The summed E-state index contributed by atoms with van der Waals surface area (Å²) in [6.45, 7) is 3.51. The highest BCUT2D eigenvalue weighted by Gasteiger charge is 2.35. The normalized spacial score (nSPS) is 14.6. The van der Waals surface area contributed by atoms with Crippen LogP contribution >= 0.6 is 23.2 Å². The van der Waals surface area contributed by atoms with Crippen molar-refractivity contribution in [2.75, 3.05) is 25.0 Å². The highest BCUT2D eigenvalue weighted by Crippen LogP contribution is 2.34. The lowest BCUT2D eigenvalue weighted by atomic mass is 10.0. The maximum Gasteiger partial charge on any atom is 0.417 e. The number of carbonyl (C=O) groups is 1. The van der Waals surface area contributed by atoms with Gasteiger partial charge < -0.3 is 16.0 Å². The fourth-order valence-corrected chi connectivity index (χ4v) is 3.24. The minimum absolute atomic E-state index is 0.101. The second kappa shape index (κ2) is 8.69. The zero-order valence-corrected chi connectivity index (χ0v) is 16.2. The van der Waals surface area contributed by atoms with Gasteiger partial charge in [0.1, 0.15) is 0 Å². The molecule has 28 heavy (non-hydrogen) atoms. The monoisotopic (exact) mass is 431 g/mol. The molecule has 4 nitrogen and oxygen atoms in total. The molecular weight excluding hydrogens is 414 g/mol. The number of halogens is 5. The van der Waals surface area contributed by atoms with E-state index in [1.807, 2.05) is 0 Å². The number of hydrogen-bond acceptors (Lipinski definition) is 3. The van der Waals surface area contributed by atoms with Crippen LogP contribution in [0.2, 0.25) is 10.0 Å². The Morgan fingerprint density at radius 1 is 1.14 bits per heavy atom. The molecule has 0 unspecified atom stereocenters. The maximum atomic E-state index is 13.2. The van der Waals surface area contributed by atoms with E-state index in [9.17, 15) is 18.0 Å². The molecule has 1 aliphatic rings. The van der Waals surface area contributed by atoms with Crippen LogP contribution in [-0.2, 0) is 12.7 Å². The van der Waals surface area contributed by atoms with E-state index in [2.05, 4.69) is 16.0 Å². The van der Waals surface area contributed by atoms with Crippen LogP contribution < -0.4 is 16.0 Å². The molecule has 9 heteroatoms. The molecule has 2 aromatic carbocycles. The Bertz CT molecular complexity index is 870. The number of anilines is 1. The molecule has 0 radical (unpaired) electrons. The molecule has 3 N–H and O–H groups in total. The molecule has 1 aliphatic heterocycles. The molecule has 0 aliphatic carbocycles. The second-order valence-corrected chi connectivity index (χ2v) is 7.45. The Balaban J connectivity index is 1.68. The molecular formula is C19H18Cl2F3N3O. The van der Waals surface area contributed by atoms with Crippen LogP contribution in [0, 0.1) is 5.92 Å². The van der Waals surface area contributed by atoms with Crippen molar-refractivity contribution in [3.63, 3.8) is 0 Å². The quantitative estimate of drug-likeness (QED) is 0.627. The van der Waals surface area contributed by atoms with E-state index in [1.54, 1.807) is 18.2 Å². The van der Waals surface area contributed by atoms with Gasteiger partial charge in [-0.1, -0.05) is 29.3 Å². The highest BCUT2D eigenvalue weighted by molar-refractivity contribution is 6.34. The zero-order chi connectivity index (χ0) is 20.3. The largest absolute Gasteiger partial charge is 0.417 e. The van der Waals surface area contributed by atoms with Gasteiger partial charge in [0.15, 0.2) is 0 Å². The SMILES string of the molecule is O=C(Nc1ccc(CNCC2CNC2)cc1Cl)c1ccc(Cl)cc1C(F)(F)F. The predicted molar refractivity (Wildman–Crippen MR) is 104 cm³/mol. The molecule has 1 amide bonds. The Hall–Kier alpha value is -1.80. The molecule has 2 aromatic rings. The number of rotatable bonds is 6. The summed E-state index contributed by atoms with van der Waals surface area (Å²) in [6, 6.07) is 8.02. The topological polar surface area (TPSA) is 53.2 Å². The van der Waals surface area contributed by atoms with E-state index in [-0.39, 0.29) is 15.7 Å². The number of carbonyl (C=O) groups excluding carboxylic acids is 1. The summed E-state index contributed by atoms with van der Waals surface area (Å²) in [7, 11) is 0. The van der Waals surface area contributed by atoms with Gasteiger partial charge in [-0.05, 0) is 41.8 Å². The van der Waals surface area contributed by atoms with Gasteiger partial charge in [-0.3, -0.25) is 4.79 Å². The van der Waals surface area contributed by atoms with E-state index in [4.69, 9.17) is 23.2 Å². The molecule has 1 fully saturated rings. The van der Waals surface area contributed by atoms with Gasteiger partial charge in [0.25, 0.3) is 5.91 Å². The first kappa shape index (κ1) is 20.9. The first-order chi connectivity index (χ1) is 13.2. The molecule has 0 atom stereocenters. The van der Waals surface area contributed by atoms with Gasteiger partial charge in [0, 0.05) is 31.2 Å². The molecule has 3 rings (SSSR count). The summed E-state index contributed by atoms with van der Waals surface area (Å²) in [4.78, 5) is 12.4. The Labute approximate surface area is 170 Å². The van der Waals surface area contributed by atoms with Crippen molar-refractivity contribution in [1.82, 2.24) is 10.6 Å². The van der Waals surface area contributed by atoms with Crippen molar-refractivity contribution in [2.45, 2.75) is 12.7 Å². The van der Waals surface area contributed by atoms with E-state index in [0.717, 1.165) is 37.3 Å². The third-order valence-corrected chi connectivity index (χ3v) is 4.99. The predicted octanol–water partition coefficient (Wildman–Crippen LogP) is 4.57. The van der Waals surface area contributed by atoms with Crippen LogP contribution in [0.4, 0.5) is 18.9 Å². The number of hydrogen-bond donors (Lipinski definition) is 3. The average Bonchev–Trinajstić information content (AvgIpc) is 2.58. The van der Waals surface area contributed by atoms with Crippen LogP contribution in [0.25, 0.3) is 0 Å². The van der Waals surface area contributed by atoms with E-state index in [0.29, 0.717) is 12.5 Å². The number of benzene rings is 2. The van der Waals surface area contributed by atoms with Gasteiger partial charge >= 0.3 is 6.18 Å². The summed E-state index contributed by atoms with van der Waals surface area (Å²) in [6.07, 6.45) is -4.70. The van der Waals surface area contributed by atoms with Crippen LogP contribution in [0.15, 0.2) is 36.4 Å². The highest BCUT2D eigenvalue weighted by atomic mass is 35.5. The molecule has 0 spiro atoms. The summed E-state index contributed by atoms with van der Waals surface area (Å²) < 4.78 is 39.6. The first-order valence-electron chi connectivity index (χ1n) is 8.62. The lowest BCUT2D eigenvalue weighted by Crippen LogP contribution is -2.47. The smallest absolute Gasteiger partial charge is 0.321 e. The second-order valence-electron chi connectivity index (χ2n) is 6.61. The first-order valence-corrected chi connectivity index (χ1v) is 9.37. The van der Waals surface area contributed by atoms with Crippen LogP contribution in [0.1, 0.15) is 21.5 Å². The zero-order valence-electron chi connectivity index (χ0n) is 14.7. The summed E-state index contributed by atoms with van der Waals surface area (Å²) in [5.74, 6) is -0.287. The third-order valence-electron chi connectivity index (χ3n) is 4.44. The number of amides is 1. The van der Waals surface area contributed by atoms with Crippen molar-refractivity contribution in [1.29, 1.82) is 0 Å². The van der Waals surface area contributed by atoms with E-state index in [1.165, 1.54) is 6.07 Å². The minimum atomic E-state index is -4.70. The van der Waals surface area contributed by atoms with Gasteiger partial charge in [0.05, 0.1) is 21.8 Å². The summed E-state index contributed by atoms with van der Waals surface area (Å²) >= 11 is 11.8. The Morgan fingerprint density at radius 2 is 1.89 bits per heavy atom. The molecule has 1 heterocycles. The number of alkyl halides is 3. The third kappa shape index (κ3) is 5.17. The fourth-order valence-electron chi connectivity index (χ4n) is 2.82. The van der Waals surface area contributed by atoms with Gasteiger partial charge in [-0.15, -0.1) is 0 Å². The van der Waals surface area contributed by atoms with Gasteiger partial charge in [0.2, 0.25) is 0 Å². The molecule has 0 saturated carbocycles. The lowest BCUT2D eigenvalue weighted by Gasteiger charge is -2.27. The van der Waals surface area contributed by atoms with Crippen molar-refractivity contribution in [3.8, 4) is 0 Å². The number of nitrogens with one attached hydrogen (secondary N) is 3. The molecule has 1 saturated heterocycles. The summed E-state index contributed by atoms with van der Waals surface area (Å²) in [5, 5.41) is 9.10. The lowest BCUT2D eigenvalue weighted by molar-refractivity contribution is -0.137. The molecule has 0 bridgehead atoms.